The Morgan fingerprint density at radius 2 is 1.94 bits per heavy atom. The zero-order valence-corrected chi connectivity index (χ0v) is 11.7. The van der Waals surface area contributed by atoms with Crippen LogP contribution in [0, 0.1) is 0 Å². The van der Waals surface area contributed by atoms with Crippen LogP contribution in [0.15, 0.2) is 39.3 Å². The third-order valence-electron chi connectivity index (χ3n) is 1.98. The lowest BCUT2D eigenvalue weighted by atomic mass is 10.2. The summed E-state index contributed by atoms with van der Waals surface area (Å²) < 4.78 is 0.595. The summed E-state index contributed by atoms with van der Waals surface area (Å²) in [6, 6.07) is 9.08. The van der Waals surface area contributed by atoms with E-state index in [-0.39, 0.29) is 15.5 Å². The number of carbonyl (C=O) groups excluding carboxylic acids is 1. The van der Waals surface area contributed by atoms with Crippen molar-refractivity contribution in [1.29, 1.82) is 0 Å². The number of hydrogen-bond acceptors (Lipinski definition) is 5. The molecule has 0 radical (unpaired) electrons. The quantitative estimate of drug-likeness (QED) is 0.489. The SMILES string of the molecule is O=C(CSc1ssc(=O)c1Cl)c1ccccc1. The third-order valence-corrected chi connectivity index (χ3v) is 6.47. The molecule has 0 bridgehead atoms. The Morgan fingerprint density at radius 1 is 1.24 bits per heavy atom. The van der Waals surface area contributed by atoms with Crippen molar-refractivity contribution in [1.82, 2.24) is 0 Å². The summed E-state index contributed by atoms with van der Waals surface area (Å²) >= 11 is 7.13. The van der Waals surface area contributed by atoms with E-state index in [1.165, 1.54) is 22.1 Å². The van der Waals surface area contributed by atoms with E-state index >= 15 is 0 Å². The Hall–Kier alpha value is -0.620. The Bertz CT molecular complexity index is 574. The van der Waals surface area contributed by atoms with E-state index in [1.807, 2.05) is 18.2 Å². The van der Waals surface area contributed by atoms with Crippen LogP contribution >= 0.6 is 44.0 Å². The van der Waals surface area contributed by atoms with Gasteiger partial charge < -0.3 is 0 Å². The average Bonchev–Trinajstić information content (AvgIpc) is 2.68. The van der Waals surface area contributed by atoms with Crippen LogP contribution < -0.4 is 4.74 Å². The van der Waals surface area contributed by atoms with E-state index in [0.29, 0.717) is 11.3 Å². The third kappa shape index (κ3) is 3.19. The molecule has 0 aliphatic heterocycles. The van der Waals surface area contributed by atoms with Crippen LogP contribution in [0.5, 0.6) is 0 Å². The predicted octanol–water partition coefficient (Wildman–Crippen LogP) is 3.80. The molecule has 0 saturated carbocycles. The lowest BCUT2D eigenvalue weighted by Gasteiger charge is -1.99. The van der Waals surface area contributed by atoms with E-state index in [1.54, 1.807) is 12.1 Å². The molecule has 6 heteroatoms. The average molecular weight is 303 g/mol. The predicted molar refractivity (Wildman–Crippen MR) is 75.0 cm³/mol. The highest BCUT2D eigenvalue weighted by molar-refractivity contribution is 8.03. The molecular weight excluding hydrogens is 296 g/mol. The van der Waals surface area contributed by atoms with Crippen LogP contribution in [0.25, 0.3) is 0 Å². The first-order valence-electron chi connectivity index (χ1n) is 4.68. The molecule has 88 valence electrons. The minimum absolute atomic E-state index is 0.0394. The molecule has 0 saturated heterocycles. The van der Waals surface area contributed by atoms with E-state index in [2.05, 4.69) is 0 Å². The van der Waals surface area contributed by atoms with Crippen molar-refractivity contribution < 1.29 is 4.79 Å². The minimum atomic E-state index is -0.133. The van der Waals surface area contributed by atoms with Crippen molar-refractivity contribution >= 4 is 49.8 Å². The van der Waals surface area contributed by atoms with Crippen molar-refractivity contribution in [3.8, 4) is 0 Å². The molecule has 1 aromatic heterocycles. The molecule has 0 unspecified atom stereocenters. The zero-order valence-electron chi connectivity index (χ0n) is 8.51. The minimum Gasteiger partial charge on any atom is -0.293 e. The van der Waals surface area contributed by atoms with E-state index < -0.39 is 0 Å². The van der Waals surface area contributed by atoms with E-state index in [0.717, 1.165) is 14.5 Å². The molecule has 0 aliphatic carbocycles. The standard InChI is InChI=1S/C11H7ClO2S3/c12-9-10(14)16-17-11(9)15-6-8(13)7-4-2-1-3-5-7/h1-5H,6H2. The Labute approximate surface area is 115 Å². The van der Waals surface area contributed by atoms with Gasteiger partial charge in [0.2, 0.25) is 0 Å². The van der Waals surface area contributed by atoms with Gasteiger partial charge in [-0.15, -0.1) is 11.8 Å². The van der Waals surface area contributed by atoms with Gasteiger partial charge in [0.1, 0.15) is 5.02 Å². The highest BCUT2D eigenvalue weighted by atomic mass is 35.5. The van der Waals surface area contributed by atoms with Gasteiger partial charge >= 0.3 is 0 Å². The summed E-state index contributed by atoms with van der Waals surface area (Å²) in [6.45, 7) is 0. The van der Waals surface area contributed by atoms with Crippen LogP contribution in [-0.4, -0.2) is 11.5 Å². The maximum Gasteiger partial charge on any atom is 0.262 e. The number of Topliss-reactive ketones (excluding diaryl/α,β-unsaturated/α-hetero) is 1. The van der Waals surface area contributed by atoms with Crippen molar-refractivity contribution in [3.63, 3.8) is 0 Å². The van der Waals surface area contributed by atoms with Crippen molar-refractivity contribution in [3.05, 3.63) is 50.5 Å². The van der Waals surface area contributed by atoms with E-state index in [9.17, 15) is 9.59 Å². The summed E-state index contributed by atoms with van der Waals surface area (Å²) in [4.78, 5) is 23.0. The number of hydrogen-bond donors (Lipinski definition) is 0. The van der Waals surface area contributed by atoms with Crippen LogP contribution in [0.2, 0.25) is 5.02 Å². The molecule has 0 fully saturated rings. The number of thioether (sulfide) groups is 1. The fourth-order valence-corrected chi connectivity index (χ4v) is 5.16. The first kappa shape index (κ1) is 12.8. The van der Waals surface area contributed by atoms with Gasteiger partial charge in [-0.25, -0.2) is 0 Å². The largest absolute Gasteiger partial charge is 0.293 e. The first-order chi connectivity index (χ1) is 8.18. The summed E-state index contributed by atoms with van der Waals surface area (Å²) in [5.74, 6) is 0.341. The van der Waals surface area contributed by atoms with Crippen molar-refractivity contribution in [2.75, 3.05) is 5.75 Å². The monoisotopic (exact) mass is 302 g/mol. The topological polar surface area (TPSA) is 34.1 Å². The van der Waals surface area contributed by atoms with E-state index in [4.69, 9.17) is 11.6 Å². The van der Waals surface area contributed by atoms with Crippen LogP contribution in [0.3, 0.4) is 0 Å². The van der Waals surface area contributed by atoms with Gasteiger partial charge in [-0.1, -0.05) is 52.3 Å². The molecule has 0 atom stereocenters. The number of rotatable bonds is 4. The Kier molecular flexibility index (Phi) is 4.39. The molecule has 0 spiro atoms. The molecule has 2 aromatic rings. The zero-order chi connectivity index (χ0) is 12.3. The molecule has 1 heterocycles. The second kappa shape index (κ2) is 5.82. The number of ketones is 1. The molecule has 1 aromatic carbocycles. The summed E-state index contributed by atoms with van der Waals surface area (Å²) in [5, 5.41) is 0.242. The first-order valence-corrected chi connectivity index (χ1v) is 8.19. The van der Waals surface area contributed by atoms with Crippen LogP contribution in [-0.2, 0) is 0 Å². The lowest BCUT2D eigenvalue weighted by Crippen LogP contribution is -2.01. The van der Waals surface area contributed by atoms with Gasteiger partial charge in [0.05, 0.1) is 9.96 Å². The van der Waals surface area contributed by atoms with Gasteiger partial charge in [0, 0.05) is 5.56 Å². The smallest absolute Gasteiger partial charge is 0.262 e. The second-order valence-electron chi connectivity index (χ2n) is 3.13. The van der Waals surface area contributed by atoms with Crippen molar-refractivity contribution in [2.24, 2.45) is 0 Å². The maximum atomic E-state index is 11.8. The van der Waals surface area contributed by atoms with Gasteiger partial charge in [-0.2, -0.15) is 0 Å². The Balaban J connectivity index is 2.02. The Morgan fingerprint density at radius 3 is 2.53 bits per heavy atom. The van der Waals surface area contributed by atoms with Gasteiger partial charge in [0.15, 0.2) is 5.78 Å². The highest BCUT2D eigenvalue weighted by Crippen LogP contribution is 2.32. The highest BCUT2D eigenvalue weighted by Gasteiger charge is 2.12. The molecular formula is C11H7ClO2S3. The molecule has 2 rings (SSSR count). The molecule has 0 aliphatic rings. The number of halogens is 1. The summed E-state index contributed by atoms with van der Waals surface area (Å²) in [6.07, 6.45) is 0. The molecule has 2 nitrogen and oxygen atoms in total. The molecule has 0 N–H and O–H groups in total. The van der Waals surface area contributed by atoms with Crippen molar-refractivity contribution in [2.45, 2.75) is 4.21 Å². The van der Waals surface area contributed by atoms with Gasteiger partial charge in [-0.05, 0) is 10.3 Å². The van der Waals surface area contributed by atoms with Gasteiger partial charge in [0.25, 0.3) is 4.74 Å². The maximum absolute atomic E-state index is 11.8. The second-order valence-corrected chi connectivity index (χ2v) is 6.87. The molecule has 17 heavy (non-hydrogen) atoms. The fourth-order valence-electron chi connectivity index (χ4n) is 1.16. The summed E-state index contributed by atoms with van der Waals surface area (Å²) in [7, 11) is 2.42. The fraction of sp³-hybridized carbons (Fsp3) is 0.0909. The number of benzene rings is 1. The lowest BCUT2D eigenvalue weighted by molar-refractivity contribution is 0.102. The van der Waals surface area contributed by atoms with Gasteiger partial charge in [-0.3, -0.25) is 9.59 Å². The summed E-state index contributed by atoms with van der Waals surface area (Å²) in [5.41, 5.74) is 0.679. The van der Waals surface area contributed by atoms with Crippen LogP contribution in [0.1, 0.15) is 10.4 Å². The van der Waals surface area contributed by atoms with Crippen LogP contribution in [0.4, 0.5) is 0 Å². The normalized spacial score (nSPS) is 10.4. The molecule has 0 amide bonds. The number of carbonyl (C=O) groups is 1.